The van der Waals surface area contributed by atoms with E-state index in [2.05, 4.69) is 13.6 Å². The molecule has 0 saturated carbocycles. The Morgan fingerprint density at radius 1 is 1.47 bits per heavy atom. The predicted molar refractivity (Wildman–Crippen MR) is 57.4 cm³/mol. The summed E-state index contributed by atoms with van der Waals surface area (Å²) < 4.78 is 11.0. The van der Waals surface area contributed by atoms with E-state index in [0.29, 0.717) is 18.7 Å². The van der Waals surface area contributed by atoms with Crippen LogP contribution < -0.4 is 0 Å². The highest BCUT2D eigenvalue weighted by Gasteiger charge is 2.28. The maximum absolute atomic E-state index is 11.4. The minimum Gasteiger partial charge on any atom is -0.462 e. The van der Waals surface area contributed by atoms with E-state index in [1.807, 2.05) is 0 Å². The van der Waals surface area contributed by atoms with Gasteiger partial charge in [0.15, 0.2) is 0 Å². The van der Waals surface area contributed by atoms with Gasteiger partial charge in [-0.05, 0) is 6.92 Å². The molecule has 0 aromatic carbocycles. The summed E-state index contributed by atoms with van der Waals surface area (Å²) in [6.07, 6.45) is 0. The molecule has 4 heteroatoms. The van der Waals surface area contributed by atoms with E-state index in [1.54, 1.807) is 6.92 Å². The Kier molecular flexibility index (Phi) is 4.29. The van der Waals surface area contributed by atoms with Gasteiger partial charge in [-0.15, -0.1) is 0 Å². The fourth-order valence-corrected chi connectivity index (χ4v) is 1.70. The van der Waals surface area contributed by atoms with Crippen LogP contribution in [0.1, 0.15) is 6.92 Å². The van der Waals surface area contributed by atoms with Crippen molar-refractivity contribution < 1.29 is 18.8 Å². The maximum atomic E-state index is 11.4. The minimum atomic E-state index is -0.275. The molecule has 1 rings (SSSR count). The van der Waals surface area contributed by atoms with Crippen LogP contribution >= 0.6 is 0 Å². The second-order valence-corrected chi connectivity index (χ2v) is 4.16. The molecule has 86 valence electrons. The van der Waals surface area contributed by atoms with Crippen molar-refractivity contribution in [1.29, 1.82) is 0 Å². The van der Waals surface area contributed by atoms with Crippen molar-refractivity contribution in [3.8, 4) is 0 Å². The molecule has 0 amide bonds. The molecule has 1 aliphatic rings. The molecule has 1 fully saturated rings. The molecule has 1 saturated heterocycles. The number of carbonyl (C=O) groups is 1. The summed E-state index contributed by atoms with van der Waals surface area (Å²) in [6, 6.07) is 0. The van der Waals surface area contributed by atoms with Crippen molar-refractivity contribution in [3.63, 3.8) is 0 Å². The molecule has 0 atom stereocenters. The summed E-state index contributed by atoms with van der Waals surface area (Å²) in [6.45, 7) is 10.0. The van der Waals surface area contributed by atoms with Crippen LogP contribution in [0, 0.1) is 0 Å². The van der Waals surface area contributed by atoms with E-state index in [0.717, 1.165) is 30.8 Å². The lowest BCUT2D eigenvalue weighted by molar-refractivity contribution is -0.912. The summed E-state index contributed by atoms with van der Waals surface area (Å²) >= 11 is 0. The third kappa shape index (κ3) is 3.64. The van der Waals surface area contributed by atoms with Gasteiger partial charge in [-0.3, -0.25) is 0 Å². The third-order valence-corrected chi connectivity index (χ3v) is 2.69. The summed E-state index contributed by atoms with van der Waals surface area (Å²) in [4.78, 5) is 11.4. The fourth-order valence-electron chi connectivity index (χ4n) is 1.70. The minimum absolute atomic E-state index is 0.275. The highest BCUT2D eigenvalue weighted by Crippen LogP contribution is 2.11. The van der Waals surface area contributed by atoms with Crippen LogP contribution in [-0.4, -0.2) is 57.0 Å². The summed E-state index contributed by atoms with van der Waals surface area (Å²) in [5.41, 5.74) is 0.557. The molecule has 0 spiro atoms. The Hall–Kier alpha value is -0.870. The number of carbonyl (C=O) groups excluding carboxylic acids is 1. The number of hydrogen-bond donors (Lipinski definition) is 0. The van der Waals surface area contributed by atoms with E-state index in [4.69, 9.17) is 9.47 Å². The Morgan fingerprint density at radius 2 is 2.07 bits per heavy atom. The van der Waals surface area contributed by atoms with Crippen molar-refractivity contribution in [2.45, 2.75) is 6.92 Å². The van der Waals surface area contributed by atoms with Crippen molar-refractivity contribution >= 4 is 5.97 Å². The third-order valence-electron chi connectivity index (χ3n) is 2.69. The molecule has 0 N–H and O–H groups in total. The number of nitrogens with zero attached hydrogens (tertiary/aromatic N) is 1. The molecule has 1 heterocycles. The van der Waals surface area contributed by atoms with Crippen LogP contribution in [0.25, 0.3) is 0 Å². The lowest BCUT2D eigenvalue weighted by atomic mass is 10.2. The monoisotopic (exact) mass is 214 g/mol. The molecular weight excluding hydrogens is 194 g/mol. The quantitative estimate of drug-likeness (QED) is 0.390. The van der Waals surface area contributed by atoms with E-state index >= 15 is 0 Å². The SMILES string of the molecule is C=C(C[N+]1(C)CCOCC1)C(=O)OCC. The number of morpholine rings is 1. The Morgan fingerprint density at radius 3 is 2.60 bits per heavy atom. The second-order valence-electron chi connectivity index (χ2n) is 4.16. The second kappa shape index (κ2) is 5.28. The zero-order chi connectivity index (χ0) is 11.3. The molecule has 0 aromatic heterocycles. The lowest BCUT2D eigenvalue weighted by Gasteiger charge is -2.37. The highest BCUT2D eigenvalue weighted by atomic mass is 16.5. The number of quaternary nitrogens is 1. The van der Waals surface area contributed by atoms with Crippen LogP contribution in [0.15, 0.2) is 12.2 Å². The topological polar surface area (TPSA) is 35.5 Å². The van der Waals surface area contributed by atoms with Gasteiger partial charge < -0.3 is 14.0 Å². The summed E-state index contributed by atoms with van der Waals surface area (Å²) in [7, 11) is 2.12. The number of ether oxygens (including phenoxy) is 2. The normalized spacial score (nSPS) is 19.6. The maximum Gasteiger partial charge on any atom is 0.339 e. The fraction of sp³-hybridized carbons (Fsp3) is 0.727. The Balaban J connectivity index is 2.45. The average Bonchev–Trinajstić information content (AvgIpc) is 2.18. The first kappa shape index (κ1) is 12.2. The molecule has 15 heavy (non-hydrogen) atoms. The average molecular weight is 214 g/mol. The van der Waals surface area contributed by atoms with Gasteiger partial charge in [0, 0.05) is 0 Å². The zero-order valence-electron chi connectivity index (χ0n) is 9.62. The number of esters is 1. The molecule has 1 aliphatic heterocycles. The van der Waals surface area contributed by atoms with E-state index in [9.17, 15) is 4.79 Å². The van der Waals surface area contributed by atoms with Crippen molar-refractivity contribution in [2.75, 3.05) is 46.5 Å². The van der Waals surface area contributed by atoms with Gasteiger partial charge >= 0.3 is 5.97 Å². The number of hydrogen-bond acceptors (Lipinski definition) is 3. The number of rotatable bonds is 4. The van der Waals surface area contributed by atoms with Crippen LogP contribution in [0.2, 0.25) is 0 Å². The van der Waals surface area contributed by atoms with E-state index < -0.39 is 0 Å². The standard InChI is InChI=1S/C11H20NO3/c1-4-15-11(13)10(2)9-12(3)5-7-14-8-6-12/h2,4-9H2,1,3H3/q+1. The molecular formula is C11H20NO3+. The van der Waals surface area contributed by atoms with Crippen LogP contribution in [0.5, 0.6) is 0 Å². The van der Waals surface area contributed by atoms with E-state index in [1.165, 1.54) is 0 Å². The van der Waals surface area contributed by atoms with Gasteiger partial charge in [0.2, 0.25) is 0 Å². The Labute approximate surface area is 91.1 Å². The lowest BCUT2D eigenvalue weighted by Crippen LogP contribution is -2.53. The van der Waals surface area contributed by atoms with Crippen LogP contribution in [-0.2, 0) is 14.3 Å². The Bertz CT molecular complexity index is 244. The smallest absolute Gasteiger partial charge is 0.339 e. The van der Waals surface area contributed by atoms with Crippen LogP contribution in [0.3, 0.4) is 0 Å². The van der Waals surface area contributed by atoms with Gasteiger partial charge in [-0.1, -0.05) is 6.58 Å². The van der Waals surface area contributed by atoms with Gasteiger partial charge in [0.05, 0.1) is 32.4 Å². The van der Waals surface area contributed by atoms with Crippen LogP contribution in [0.4, 0.5) is 0 Å². The van der Waals surface area contributed by atoms with Gasteiger partial charge in [-0.2, -0.15) is 0 Å². The molecule has 0 aliphatic carbocycles. The zero-order valence-corrected chi connectivity index (χ0v) is 9.62. The first-order valence-corrected chi connectivity index (χ1v) is 5.33. The largest absolute Gasteiger partial charge is 0.462 e. The van der Waals surface area contributed by atoms with Gasteiger partial charge in [0.1, 0.15) is 19.6 Å². The first-order chi connectivity index (χ1) is 7.07. The van der Waals surface area contributed by atoms with Crippen molar-refractivity contribution in [3.05, 3.63) is 12.2 Å². The molecule has 4 nitrogen and oxygen atoms in total. The summed E-state index contributed by atoms with van der Waals surface area (Å²) in [5.74, 6) is -0.275. The summed E-state index contributed by atoms with van der Waals surface area (Å²) in [5, 5.41) is 0. The predicted octanol–water partition coefficient (Wildman–Crippen LogP) is 0.583. The first-order valence-electron chi connectivity index (χ1n) is 5.33. The molecule has 0 unspecified atom stereocenters. The number of likely N-dealkylation sites (N-methyl/N-ethyl adjacent to an activating group) is 1. The molecule has 0 aromatic rings. The van der Waals surface area contributed by atoms with Crippen molar-refractivity contribution in [2.24, 2.45) is 0 Å². The van der Waals surface area contributed by atoms with Crippen molar-refractivity contribution in [1.82, 2.24) is 0 Å². The highest BCUT2D eigenvalue weighted by molar-refractivity contribution is 5.87. The molecule has 0 radical (unpaired) electrons. The van der Waals surface area contributed by atoms with Gasteiger partial charge in [0.25, 0.3) is 0 Å². The van der Waals surface area contributed by atoms with Gasteiger partial charge in [-0.25, -0.2) is 4.79 Å². The molecule has 0 bridgehead atoms. The van der Waals surface area contributed by atoms with E-state index in [-0.39, 0.29) is 5.97 Å².